The molecule has 1 fully saturated rings. The minimum absolute atomic E-state index is 0.235. The van der Waals surface area contributed by atoms with Crippen LogP contribution in [0.5, 0.6) is 0 Å². The Bertz CT molecular complexity index is 936. The number of nitrogens with one attached hydrogen (secondary N) is 2. The third-order valence-corrected chi connectivity index (χ3v) is 5.68. The van der Waals surface area contributed by atoms with Crippen molar-refractivity contribution in [2.45, 2.75) is 52.7 Å². The lowest BCUT2D eigenvalue weighted by Gasteiger charge is -2.32. The van der Waals surface area contributed by atoms with Gasteiger partial charge in [-0.1, -0.05) is 29.8 Å². The molecule has 1 unspecified atom stereocenters. The van der Waals surface area contributed by atoms with Crippen LogP contribution in [0.15, 0.2) is 35.5 Å². The fraction of sp³-hybridized carbons (Fsp3) is 0.560. The smallest absolute Gasteiger partial charge is 0.410 e. The molecular weight excluding hydrogens is 436 g/mol. The maximum atomic E-state index is 13.0. The third kappa shape index (κ3) is 6.72. The van der Waals surface area contributed by atoms with Gasteiger partial charge >= 0.3 is 18.1 Å². The van der Waals surface area contributed by atoms with E-state index in [0.717, 1.165) is 24.1 Å². The van der Waals surface area contributed by atoms with Gasteiger partial charge in [0.2, 0.25) is 0 Å². The number of benzene rings is 1. The molecule has 9 nitrogen and oxygen atoms in total. The van der Waals surface area contributed by atoms with Crippen LogP contribution in [0.4, 0.5) is 9.59 Å². The van der Waals surface area contributed by atoms with Crippen molar-refractivity contribution in [1.29, 1.82) is 0 Å². The van der Waals surface area contributed by atoms with E-state index in [2.05, 4.69) is 15.5 Å². The number of nitrogens with zero attached hydrogens (tertiary/aromatic N) is 2. The van der Waals surface area contributed by atoms with Crippen LogP contribution in [-0.2, 0) is 14.3 Å². The van der Waals surface area contributed by atoms with E-state index in [9.17, 15) is 14.4 Å². The lowest BCUT2D eigenvalue weighted by molar-refractivity contribution is -0.139. The van der Waals surface area contributed by atoms with E-state index in [1.807, 2.05) is 52.0 Å². The second-order valence-electron chi connectivity index (χ2n) is 9.65. The number of carbonyl (C=O) groups excluding carboxylic acids is 3. The third-order valence-electron chi connectivity index (χ3n) is 5.68. The van der Waals surface area contributed by atoms with Gasteiger partial charge in [-0.15, -0.1) is 0 Å². The summed E-state index contributed by atoms with van der Waals surface area (Å²) in [7, 11) is 0. The lowest BCUT2D eigenvalue weighted by atomic mass is 9.94. The fourth-order valence-corrected chi connectivity index (χ4v) is 4.06. The van der Waals surface area contributed by atoms with Crippen molar-refractivity contribution in [3.05, 3.63) is 46.7 Å². The molecular formula is C25H36N4O5. The van der Waals surface area contributed by atoms with Crippen LogP contribution in [0.25, 0.3) is 0 Å². The first-order valence-corrected chi connectivity index (χ1v) is 11.8. The highest BCUT2D eigenvalue weighted by Crippen LogP contribution is 2.28. The largest absolute Gasteiger partial charge is 0.463 e. The Kier molecular flexibility index (Phi) is 8.19. The van der Waals surface area contributed by atoms with Crippen molar-refractivity contribution >= 4 is 18.1 Å². The molecule has 1 saturated heterocycles. The second-order valence-corrected chi connectivity index (χ2v) is 9.65. The first-order valence-electron chi connectivity index (χ1n) is 11.8. The first-order chi connectivity index (χ1) is 16.1. The number of carbonyl (C=O) groups is 3. The minimum atomic E-state index is -0.603. The van der Waals surface area contributed by atoms with Crippen LogP contribution in [0, 0.1) is 6.92 Å². The van der Waals surface area contributed by atoms with E-state index < -0.39 is 17.6 Å². The fourth-order valence-electron chi connectivity index (χ4n) is 4.06. The normalized spacial score (nSPS) is 19.7. The molecule has 2 aliphatic heterocycles. The Morgan fingerprint density at radius 3 is 2.44 bits per heavy atom. The number of urea groups is 1. The predicted molar refractivity (Wildman–Crippen MR) is 128 cm³/mol. The predicted octanol–water partition coefficient (Wildman–Crippen LogP) is 3.11. The molecule has 2 aliphatic rings. The van der Waals surface area contributed by atoms with Gasteiger partial charge in [0.05, 0.1) is 18.2 Å². The number of hydrogen-bond acceptors (Lipinski definition) is 6. The van der Waals surface area contributed by atoms with E-state index in [1.165, 1.54) is 0 Å². The molecule has 9 heteroatoms. The number of amides is 3. The summed E-state index contributed by atoms with van der Waals surface area (Å²) in [4.78, 5) is 41.9. The Labute approximate surface area is 201 Å². The van der Waals surface area contributed by atoms with Crippen LogP contribution >= 0.6 is 0 Å². The molecule has 0 radical (unpaired) electrons. The Hall–Kier alpha value is -3.07. The van der Waals surface area contributed by atoms with Crippen molar-refractivity contribution in [3.8, 4) is 0 Å². The van der Waals surface area contributed by atoms with Crippen molar-refractivity contribution in [2.24, 2.45) is 0 Å². The quantitative estimate of drug-likeness (QED) is 0.639. The van der Waals surface area contributed by atoms with Crippen LogP contribution in [0.3, 0.4) is 0 Å². The van der Waals surface area contributed by atoms with Crippen LogP contribution in [0.2, 0.25) is 0 Å². The average molecular weight is 473 g/mol. The van der Waals surface area contributed by atoms with Gasteiger partial charge in [-0.3, -0.25) is 4.90 Å². The lowest BCUT2D eigenvalue weighted by Crippen LogP contribution is -2.49. The van der Waals surface area contributed by atoms with Crippen molar-refractivity contribution in [2.75, 3.05) is 39.3 Å². The molecule has 186 valence electrons. The maximum Gasteiger partial charge on any atom is 0.410 e. The molecule has 2 N–H and O–H groups in total. The number of hydrogen-bond donors (Lipinski definition) is 2. The monoisotopic (exact) mass is 472 g/mol. The van der Waals surface area contributed by atoms with Crippen LogP contribution < -0.4 is 10.6 Å². The number of ether oxygens (including phenoxy) is 2. The van der Waals surface area contributed by atoms with E-state index in [1.54, 1.807) is 11.8 Å². The summed E-state index contributed by atoms with van der Waals surface area (Å²) in [6, 6.07) is 6.76. The zero-order valence-corrected chi connectivity index (χ0v) is 20.8. The summed E-state index contributed by atoms with van der Waals surface area (Å²) in [6.45, 7) is 12.3. The van der Waals surface area contributed by atoms with Gasteiger partial charge in [-0.05, 0) is 46.6 Å². The van der Waals surface area contributed by atoms with Gasteiger partial charge in [0, 0.05) is 38.4 Å². The Balaban J connectivity index is 1.82. The molecule has 1 aromatic carbocycles. The van der Waals surface area contributed by atoms with E-state index >= 15 is 0 Å². The molecule has 3 rings (SSSR count). The van der Waals surface area contributed by atoms with Gasteiger partial charge in [0.15, 0.2) is 0 Å². The zero-order valence-electron chi connectivity index (χ0n) is 20.8. The second kappa shape index (κ2) is 10.9. The van der Waals surface area contributed by atoms with Gasteiger partial charge < -0.3 is 25.0 Å². The molecule has 0 bridgehead atoms. The number of aryl methyl sites for hydroxylation is 1. The molecule has 34 heavy (non-hydrogen) atoms. The van der Waals surface area contributed by atoms with Gasteiger partial charge in [0.25, 0.3) is 0 Å². The molecule has 1 aromatic rings. The standard InChI is InChI=1S/C25H36N4O5/c1-6-33-22(30)20-19(26-23(31)27-21(20)18-10-8-17(2)9-11-18)16-28-12-7-13-29(15-14-28)24(32)34-25(3,4)5/h8-11,21H,6-7,12-16H2,1-5H3,(H2,26,27,31). The SMILES string of the molecule is CCOC(=O)C1=C(CN2CCCN(C(=O)OC(C)(C)C)CC2)NC(=O)NC1c1ccc(C)cc1. The molecule has 0 aliphatic carbocycles. The molecule has 0 aromatic heterocycles. The van der Waals surface area contributed by atoms with Crippen LogP contribution in [-0.4, -0.2) is 72.8 Å². The average Bonchev–Trinajstić information content (AvgIpc) is 2.98. The summed E-state index contributed by atoms with van der Waals surface area (Å²) >= 11 is 0. The van der Waals surface area contributed by atoms with Crippen molar-refractivity contribution in [1.82, 2.24) is 20.4 Å². The van der Waals surface area contributed by atoms with Gasteiger partial charge in [0.1, 0.15) is 5.60 Å². The maximum absolute atomic E-state index is 13.0. The molecule has 0 spiro atoms. The number of rotatable bonds is 5. The summed E-state index contributed by atoms with van der Waals surface area (Å²) < 4.78 is 10.9. The Morgan fingerprint density at radius 1 is 1.09 bits per heavy atom. The summed E-state index contributed by atoms with van der Waals surface area (Å²) in [5.74, 6) is -0.458. The summed E-state index contributed by atoms with van der Waals surface area (Å²) in [6.07, 6.45) is 0.435. The van der Waals surface area contributed by atoms with Crippen molar-refractivity contribution < 1.29 is 23.9 Å². The minimum Gasteiger partial charge on any atom is -0.463 e. The van der Waals surface area contributed by atoms with Gasteiger partial charge in [-0.25, -0.2) is 14.4 Å². The van der Waals surface area contributed by atoms with Gasteiger partial charge in [-0.2, -0.15) is 0 Å². The highest BCUT2D eigenvalue weighted by Gasteiger charge is 2.34. The zero-order chi connectivity index (χ0) is 24.9. The highest BCUT2D eigenvalue weighted by atomic mass is 16.6. The molecule has 2 heterocycles. The highest BCUT2D eigenvalue weighted by molar-refractivity contribution is 5.95. The van der Waals surface area contributed by atoms with E-state index in [4.69, 9.17) is 9.47 Å². The number of esters is 1. The topological polar surface area (TPSA) is 100 Å². The van der Waals surface area contributed by atoms with Crippen LogP contribution in [0.1, 0.15) is 51.3 Å². The van der Waals surface area contributed by atoms with Crippen molar-refractivity contribution in [3.63, 3.8) is 0 Å². The van der Waals surface area contributed by atoms with E-state index in [-0.39, 0.29) is 18.7 Å². The van der Waals surface area contributed by atoms with E-state index in [0.29, 0.717) is 37.4 Å². The summed E-state index contributed by atoms with van der Waals surface area (Å²) in [5, 5.41) is 5.70. The molecule has 3 amide bonds. The first kappa shape index (κ1) is 25.6. The Morgan fingerprint density at radius 2 is 1.79 bits per heavy atom. The molecule has 0 saturated carbocycles. The summed E-state index contributed by atoms with van der Waals surface area (Å²) in [5.41, 5.74) is 2.28. The molecule has 1 atom stereocenters.